The van der Waals surface area contributed by atoms with Crippen molar-refractivity contribution in [3.05, 3.63) is 71.7 Å². The lowest BCUT2D eigenvalue weighted by molar-refractivity contribution is -0.121. The van der Waals surface area contributed by atoms with Crippen molar-refractivity contribution in [3.8, 4) is 0 Å². The highest BCUT2D eigenvalue weighted by Gasteiger charge is 2.28. The van der Waals surface area contributed by atoms with Crippen LogP contribution in [0.2, 0.25) is 0 Å². The third-order valence-corrected chi connectivity index (χ3v) is 5.01. The maximum atomic E-state index is 13.3. The summed E-state index contributed by atoms with van der Waals surface area (Å²) in [5.74, 6) is -0.454. The van der Waals surface area contributed by atoms with Crippen LogP contribution in [0.15, 0.2) is 54.6 Å². The van der Waals surface area contributed by atoms with Crippen LogP contribution in [0.3, 0.4) is 0 Å². The molecule has 1 fully saturated rings. The largest absolute Gasteiger partial charge is 0.343 e. The first-order chi connectivity index (χ1) is 13.1. The zero-order valence-corrected chi connectivity index (χ0v) is 15.2. The summed E-state index contributed by atoms with van der Waals surface area (Å²) in [7, 11) is 0. The number of amides is 1. The number of carbonyl (C=O) groups is 1. The van der Waals surface area contributed by atoms with Gasteiger partial charge in [-0.15, -0.1) is 0 Å². The van der Waals surface area contributed by atoms with E-state index < -0.39 is 0 Å². The van der Waals surface area contributed by atoms with Gasteiger partial charge in [0.25, 0.3) is 0 Å². The van der Waals surface area contributed by atoms with E-state index in [4.69, 9.17) is 0 Å². The minimum atomic E-state index is -0.326. The van der Waals surface area contributed by atoms with Crippen molar-refractivity contribution in [2.45, 2.75) is 38.5 Å². The Hall–Kier alpha value is -2.70. The molecule has 2 aromatic carbocycles. The van der Waals surface area contributed by atoms with Gasteiger partial charge < -0.3 is 9.88 Å². The molecule has 1 aliphatic rings. The van der Waals surface area contributed by atoms with Gasteiger partial charge in [-0.3, -0.25) is 4.79 Å². The average molecular weight is 366 g/mol. The van der Waals surface area contributed by atoms with Crippen molar-refractivity contribution < 1.29 is 9.18 Å². The van der Waals surface area contributed by atoms with Crippen LogP contribution in [0.5, 0.6) is 0 Å². The molecule has 27 heavy (non-hydrogen) atoms. The predicted octanol–water partition coefficient (Wildman–Crippen LogP) is 3.02. The minimum absolute atomic E-state index is 0.108. The second-order valence-electron chi connectivity index (χ2n) is 6.88. The van der Waals surface area contributed by atoms with E-state index in [-0.39, 0.29) is 30.4 Å². The first kappa shape index (κ1) is 17.7. The molecule has 2 atom stereocenters. The Balaban J connectivity index is 1.42. The van der Waals surface area contributed by atoms with Crippen LogP contribution in [0, 0.1) is 5.82 Å². The van der Waals surface area contributed by atoms with Crippen LogP contribution in [0.1, 0.15) is 30.6 Å². The van der Waals surface area contributed by atoms with E-state index in [0.29, 0.717) is 5.56 Å². The van der Waals surface area contributed by atoms with E-state index in [0.717, 1.165) is 13.0 Å². The van der Waals surface area contributed by atoms with Crippen molar-refractivity contribution in [3.63, 3.8) is 0 Å². The van der Waals surface area contributed by atoms with Crippen molar-refractivity contribution in [1.29, 1.82) is 0 Å². The molecule has 6 heteroatoms. The summed E-state index contributed by atoms with van der Waals surface area (Å²) in [4.78, 5) is 12.3. The maximum absolute atomic E-state index is 13.3. The molecule has 140 valence electrons. The van der Waals surface area contributed by atoms with Crippen LogP contribution in [-0.4, -0.2) is 16.6 Å². The predicted molar refractivity (Wildman–Crippen MR) is 103 cm³/mol. The van der Waals surface area contributed by atoms with E-state index in [2.05, 4.69) is 45.9 Å². The normalized spacial score (nSPS) is 19.5. The highest BCUT2D eigenvalue weighted by atomic mass is 19.1. The van der Waals surface area contributed by atoms with Crippen LogP contribution in [0.4, 0.5) is 4.39 Å². The number of fused-ring (bicyclic) bond motifs is 1. The molecule has 4 rings (SSSR count). The van der Waals surface area contributed by atoms with Crippen LogP contribution >= 0.6 is 0 Å². The minimum Gasteiger partial charge on any atom is -0.343 e. The Labute approximate surface area is 157 Å². The molecule has 1 aliphatic heterocycles. The van der Waals surface area contributed by atoms with Crippen molar-refractivity contribution in [2.75, 3.05) is 0 Å². The summed E-state index contributed by atoms with van der Waals surface area (Å²) in [6.45, 7) is 3.02. The number of nitrogens with zero attached hydrogens (tertiary/aromatic N) is 1. The average Bonchev–Trinajstić information content (AvgIpc) is 3.25. The number of nitrogens with one attached hydrogen (secondary N) is 3. The number of aromatic nitrogens is 1. The molecule has 0 spiro atoms. The van der Waals surface area contributed by atoms with Gasteiger partial charge in [0.2, 0.25) is 5.91 Å². The summed E-state index contributed by atoms with van der Waals surface area (Å²) in [5, 5.41) is 4.19. The molecule has 2 heterocycles. The lowest BCUT2D eigenvalue weighted by Crippen LogP contribution is -2.44. The van der Waals surface area contributed by atoms with Gasteiger partial charge in [-0.05, 0) is 42.1 Å². The number of hydrazine groups is 1. The number of hydrogen-bond donors (Lipinski definition) is 3. The Kier molecular flexibility index (Phi) is 4.92. The molecular weight excluding hydrogens is 343 g/mol. The standard InChI is InChI=1S/C21H23FN4O/c1-2-26-18-9-4-3-7-15(18)12-19(26)17-13-20(25-24-17)23-21(27)11-14-6-5-8-16(22)10-14/h3-10,12,17,20,24-25H,2,11,13H2,1H3,(H,23,27). The fourth-order valence-electron chi connectivity index (χ4n) is 3.80. The van der Waals surface area contributed by atoms with Crippen molar-refractivity contribution in [1.82, 2.24) is 20.7 Å². The molecule has 3 N–H and O–H groups in total. The van der Waals surface area contributed by atoms with Gasteiger partial charge in [-0.1, -0.05) is 30.3 Å². The highest BCUT2D eigenvalue weighted by molar-refractivity contribution is 5.81. The Morgan fingerprint density at radius 1 is 1.19 bits per heavy atom. The molecule has 1 saturated heterocycles. The quantitative estimate of drug-likeness (QED) is 0.651. The Morgan fingerprint density at radius 3 is 2.85 bits per heavy atom. The van der Waals surface area contributed by atoms with Crippen molar-refractivity contribution >= 4 is 16.8 Å². The zero-order valence-electron chi connectivity index (χ0n) is 15.2. The SMILES string of the molecule is CCn1c(C2CC(NC(=O)Cc3cccc(F)c3)NN2)cc2ccccc21. The van der Waals surface area contributed by atoms with Gasteiger partial charge in [0, 0.05) is 24.2 Å². The number of benzene rings is 2. The van der Waals surface area contributed by atoms with Gasteiger partial charge in [-0.2, -0.15) is 0 Å². The molecule has 2 unspecified atom stereocenters. The first-order valence-corrected chi connectivity index (χ1v) is 9.27. The molecule has 0 bridgehead atoms. The molecule has 5 nitrogen and oxygen atoms in total. The summed E-state index contributed by atoms with van der Waals surface area (Å²) in [6.07, 6.45) is 0.737. The second-order valence-corrected chi connectivity index (χ2v) is 6.88. The lowest BCUT2D eigenvalue weighted by Gasteiger charge is -2.14. The van der Waals surface area contributed by atoms with Crippen LogP contribution in [-0.2, 0) is 17.8 Å². The van der Waals surface area contributed by atoms with Gasteiger partial charge in [0.15, 0.2) is 0 Å². The first-order valence-electron chi connectivity index (χ1n) is 9.27. The number of rotatable bonds is 5. The van der Waals surface area contributed by atoms with Crippen molar-refractivity contribution in [2.24, 2.45) is 0 Å². The summed E-state index contributed by atoms with van der Waals surface area (Å²) in [6, 6.07) is 16.8. The van der Waals surface area contributed by atoms with Crippen LogP contribution < -0.4 is 16.2 Å². The molecule has 0 radical (unpaired) electrons. The van der Waals surface area contributed by atoms with E-state index in [1.165, 1.54) is 28.7 Å². The molecule has 1 amide bonds. The van der Waals surface area contributed by atoms with Gasteiger partial charge >= 0.3 is 0 Å². The second kappa shape index (κ2) is 7.50. The number of hydrogen-bond acceptors (Lipinski definition) is 3. The molecule has 3 aromatic rings. The van der Waals surface area contributed by atoms with E-state index >= 15 is 0 Å². The lowest BCUT2D eigenvalue weighted by atomic mass is 10.1. The van der Waals surface area contributed by atoms with Crippen LogP contribution in [0.25, 0.3) is 10.9 Å². The molecular formula is C21H23FN4O. The van der Waals surface area contributed by atoms with Gasteiger partial charge in [-0.25, -0.2) is 15.2 Å². The summed E-state index contributed by atoms with van der Waals surface area (Å²) >= 11 is 0. The number of halogens is 1. The highest BCUT2D eigenvalue weighted by Crippen LogP contribution is 2.28. The molecule has 0 saturated carbocycles. The fraction of sp³-hybridized carbons (Fsp3) is 0.286. The number of aryl methyl sites for hydroxylation is 1. The Bertz CT molecular complexity index is 968. The topological polar surface area (TPSA) is 58.1 Å². The zero-order chi connectivity index (χ0) is 18.8. The molecule has 0 aliphatic carbocycles. The monoisotopic (exact) mass is 366 g/mol. The molecule has 1 aromatic heterocycles. The van der Waals surface area contributed by atoms with E-state index in [1.54, 1.807) is 12.1 Å². The van der Waals surface area contributed by atoms with E-state index in [9.17, 15) is 9.18 Å². The third kappa shape index (κ3) is 3.72. The maximum Gasteiger partial charge on any atom is 0.225 e. The summed E-state index contributed by atoms with van der Waals surface area (Å²) in [5.41, 5.74) is 9.54. The van der Waals surface area contributed by atoms with Gasteiger partial charge in [0.1, 0.15) is 5.82 Å². The third-order valence-electron chi connectivity index (χ3n) is 5.01. The fourth-order valence-corrected chi connectivity index (χ4v) is 3.80. The van der Waals surface area contributed by atoms with E-state index in [1.807, 2.05) is 12.1 Å². The van der Waals surface area contributed by atoms with Gasteiger partial charge in [0.05, 0.1) is 18.6 Å². The smallest absolute Gasteiger partial charge is 0.225 e. The number of carbonyl (C=O) groups excluding carboxylic acids is 1. The Morgan fingerprint density at radius 2 is 2.04 bits per heavy atom. The summed E-state index contributed by atoms with van der Waals surface area (Å²) < 4.78 is 15.6. The number of para-hydroxylation sites is 1.